The molecule has 82 valence electrons. The number of rotatable bonds is 4. The van der Waals surface area contributed by atoms with E-state index in [1.54, 1.807) is 12.1 Å². The van der Waals surface area contributed by atoms with Crippen LogP contribution in [-0.2, 0) is 0 Å². The maximum absolute atomic E-state index is 11.3. The van der Waals surface area contributed by atoms with E-state index in [1.165, 1.54) is 0 Å². The molecule has 3 N–H and O–H groups in total. The van der Waals surface area contributed by atoms with E-state index in [-0.39, 0.29) is 6.03 Å². The smallest absolute Gasteiger partial charge is 0.287 e. The van der Waals surface area contributed by atoms with Crippen LogP contribution in [0.15, 0.2) is 30.3 Å². The molecular formula is C10H16N4O. The molecule has 0 heterocycles. The number of anilines is 1. The van der Waals surface area contributed by atoms with Crippen LogP contribution in [0.5, 0.6) is 0 Å². The molecule has 1 aromatic carbocycles. The number of hydrogen-bond donors (Lipinski definition) is 3. The highest BCUT2D eigenvalue weighted by Crippen LogP contribution is 2.07. The molecule has 1 aromatic rings. The second-order valence-electron chi connectivity index (χ2n) is 2.99. The summed E-state index contributed by atoms with van der Waals surface area (Å²) in [6.07, 6.45) is 0. The zero-order chi connectivity index (χ0) is 11.1. The van der Waals surface area contributed by atoms with Crippen LogP contribution in [0.1, 0.15) is 6.92 Å². The molecule has 0 saturated heterocycles. The largest absolute Gasteiger partial charge is 0.347 e. The molecule has 0 radical (unpaired) electrons. The standard InChI is InChI=1S/C10H16N4O/c1-3-11-12-10(15)13-14(2)9-7-5-4-6-8-9/h4-8,11H,3H2,1-2H3,(H2,12,13,15). The van der Waals surface area contributed by atoms with Gasteiger partial charge in [0.15, 0.2) is 0 Å². The van der Waals surface area contributed by atoms with E-state index in [1.807, 2.05) is 37.3 Å². The second kappa shape index (κ2) is 5.87. The predicted molar refractivity (Wildman–Crippen MR) is 60.2 cm³/mol. The summed E-state index contributed by atoms with van der Waals surface area (Å²) in [6.45, 7) is 2.59. The number of hydrazine groups is 2. The summed E-state index contributed by atoms with van der Waals surface area (Å²) in [5.74, 6) is 0. The number of para-hydroxylation sites is 1. The number of urea groups is 1. The molecular weight excluding hydrogens is 192 g/mol. The molecule has 0 aromatic heterocycles. The minimum atomic E-state index is -0.289. The molecule has 0 saturated carbocycles. The van der Waals surface area contributed by atoms with Crippen molar-refractivity contribution in [1.82, 2.24) is 16.3 Å². The van der Waals surface area contributed by atoms with Crippen LogP contribution >= 0.6 is 0 Å². The Labute approximate surface area is 89.4 Å². The number of nitrogens with zero attached hydrogens (tertiary/aromatic N) is 1. The van der Waals surface area contributed by atoms with Crippen molar-refractivity contribution in [2.75, 3.05) is 18.6 Å². The molecule has 0 aliphatic rings. The summed E-state index contributed by atoms with van der Waals surface area (Å²) in [6, 6.07) is 9.28. The van der Waals surface area contributed by atoms with Crippen LogP contribution in [0.3, 0.4) is 0 Å². The highest BCUT2D eigenvalue weighted by Gasteiger charge is 2.03. The van der Waals surface area contributed by atoms with E-state index < -0.39 is 0 Å². The van der Waals surface area contributed by atoms with Crippen molar-refractivity contribution in [3.63, 3.8) is 0 Å². The number of nitrogens with one attached hydrogen (secondary N) is 3. The summed E-state index contributed by atoms with van der Waals surface area (Å²) >= 11 is 0. The van der Waals surface area contributed by atoms with Gasteiger partial charge in [-0.2, -0.15) is 0 Å². The van der Waals surface area contributed by atoms with Gasteiger partial charge < -0.3 is 0 Å². The molecule has 0 bridgehead atoms. The van der Waals surface area contributed by atoms with Gasteiger partial charge in [0.25, 0.3) is 0 Å². The lowest BCUT2D eigenvalue weighted by Crippen LogP contribution is -2.50. The SMILES string of the molecule is CCNNC(=O)NN(C)c1ccccc1. The van der Waals surface area contributed by atoms with Gasteiger partial charge in [-0.3, -0.25) is 10.4 Å². The predicted octanol–water partition coefficient (Wildman–Crippen LogP) is 0.861. The lowest BCUT2D eigenvalue weighted by Gasteiger charge is -2.20. The fraction of sp³-hybridized carbons (Fsp3) is 0.300. The van der Waals surface area contributed by atoms with E-state index in [0.29, 0.717) is 6.54 Å². The molecule has 5 nitrogen and oxygen atoms in total. The molecule has 1 rings (SSSR count). The quantitative estimate of drug-likeness (QED) is 0.643. The van der Waals surface area contributed by atoms with Gasteiger partial charge in [-0.15, -0.1) is 0 Å². The number of benzene rings is 1. The van der Waals surface area contributed by atoms with Crippen molar-refractivity contribution in [3.05, 3.63) is 30.3 Å². The van der Waals surface area contributed by atoms with Crippen molar-refractivity contribution in [2.24, 2.45) is 0 Å². The first-order valence-electron chi connectivity index (χ1n) is 4.82. The summed E-state index contributed by atoms with van der Waals surface area (Å²) in [5.41, 5.74) is 8.78. The van der Waals surface area contributed by atoms with Gasteiger partial charge in [0, 0.05) is 13.6 Å². The number of hydrogen-bond acceptors (Lipinski definition) is 3. The Kier molecular flexibility index (Phi) is 4.43. The van der Waals surface area contributed by atoms with Crippen LogP contribution in [0.2, 0.25) is 0 Å². The average Bonchev–Trinajstić information content (AvgIpc) is 2.27. The maximum Gasteiger partial charge on any atom is 0.347 e. The third-order valence-electron chi connectivity index (χ3n) is 1.79. The minimum Gasteiger partial charge on any atom is -0.287 e. The fourth-order valence-electron chi connectivity index (χ4n) is 1.07. The molecule has 0 aliphatic heterocycles. The lowest BCUT2D eigenvalue weighted by atomic mass is 10.3. The monoisotopic (exact) mass is 208 g/mol. The van der Waals surface area contributed by atoms with Gasteiger partial charge in [0.2, 0.25) is 0 Å². The van der Waals surface area contributed by atoms with E-state index in [2.05, 4.69) is 16.3 Å². The van der Waals surface area contributed by atoms with Crippen LogP contribution < -0.4 is 21.3 Å². The fourth-order valence-corrected chi connectivity index (χ4v) is 1.07. The van der Waals surface area contributed by atoms with Gasteiger partial charge in [-0.25, -0.2) is 15.6 Å². The summed E-state index contributed by atoms with van der Waals surface area (Å²) in [7, 11) is 1.78. The third kappa shape index (κ3) is 3.86. The van der Waals surface area contributed by atoms with E-state index in [0.717, 1.165) is 5.69 Å². The lowest BCUT2D eigenvalue weighted by molar-refractivity contribution is 0.236. The molecule has 15 heavy (non-hydrogen) atoms. The Morgan fingerprint density at radius 1 is 1.33 bits per heavy atom. The summed E-state index contributed by atoms with van der Waals surface area (Å²) < 4.78 is 0. The van der Waals surface area contributed by atoms with Gasteiger partial charge in [-0.05, 0) is 12.1 Å². The van der Waals surface area contributed by atoms with Crippen molar-refractivity contribution in [3.8, 4) is 0 Å². The normalized spacial score (nSPS) is 9.47. The first-order chi connectivity index (χ1) is 7.24. The highest BCUT2D eigenvalue weighted by molar-refractivity contribution is 5.75. The van der Waals surface area contributed by atoms with Gasteiger partial charge >= 0.3 is 6.03 Å². The zero-order valence-electron chi connectivity index (χ0n) is 8.95. The summed E-state index contributed by atoms with van der Waals surface area (Å²) in [4.78, 5) is 11.3. The Morgan fingerprint density at radius 2 is 2.00 bits per heavy atom. The molecule has 0 aliphatic carbocycles. The first kappa shape index (κ1) is 11.3. The van der Waals surface area contributed by atoms with Gasteiger partial charge in [0.05, 0.1) is 5.69 Å². The highest BCUT2D eigenvalue weighted by atomic mass is 16.2. The third-order valence-corrected chi connectivity index (χ3v) is 1.79. The minimum absolute atomic E-state index is 0.289. The average molecular weight is 208 g/mol. The van der Waals surface area contributed by atoms with Crippen molar-refractivity contribution in [2.45, 2.75) is 6.92 Å². The Morgan fingerprint density at radius 3 is 2.60 bits per heavy atom. The van der Waals surface area contributed by atoms with Crippen molar-refractivity contribution >= 4 is 11.7 Å². The van der Waals surface area contributed by atoms with E-state index in [4.69, 9.17) is 0 Å². The Balaban J connectivity index is 2.42. The van der Waals surface area contributed by atoms with Crippen molar-refractivity contribution in [1.29, 1.82) is 0 Å². The van der Waals surface area contributed by atoms with E-state index in [9.17, 15) is 4.79 Å². The van der Waals surface area contributed by atoms with Crippen LogP contribution in [-0.4, -0.2) is 19.6 Å². The Hall–Kier alpha value is -1.75. The molecule has 0 spiro atoms. The Bertz CT molecular complexity index is 302. The summed E-state index contributed by atoms with van der Waals surface area (Å²) in [5, 5.41) is 1.65. The van der Waals surface area contributed by atoms with Crippen LogP contribution in [0, 0.1) is 0 Å². The second-order valence-corrected chi connectivity index (χ2v) is 2.99. The topological polar surface area (TPSA) is 56.4 Å². The molecule has 2 amide bonds. The van der Waals surface area contributed by atoms with Crippen LogP contribution in [0.4, 0.5) is 10.5 Å². The molecule has 5 heteroatoms. The molecule has 0 unspecified atom stereocenters. The van der Waals surface area contributed by atoms with Gasteiger partial charge in [0.1, 0.15) is 0 Å². The van der Waals surface area contributed by atoms with Crippen molar-refractivity contribution < 1.29 is 4.79 Å². The first-order valence-corrected chi connectivity index (χ1v) is 4.82. The van der Waals surface area contributed by atoms with Crippen LogP contribution in [0.25, 0.3) is 0 Å². The molecule has 0 atom stereocenters. The number of carbonyl (C=O) groups excluding carboxylic acids is 1. The molecule has 0 fully saturated rings. The van der Waals surface area contributed by atoms with Gasteiger partial charge in [-0.1, -0.05) is 25.1 Å². The van der Waals surface area contributed by atoms with E-state index >= 15 is 0 Å². The maximum atomic E-state index is 11.3. The zero-order valence-corrected chi connectivity index (χ0v) is 8.95. The number of carbonyl (C=O) groups is 1. The number of amides is 2.